The number of hydrogen-bond acceptors (Lipinski definition) is 5. The number of H-pyrrole nitrogens is 1. The number of carboxylic acids is 1. The molecule has 1 amide bonds. The number of amides is 1. The fraction of sp³-hybridized carbons (Fsp3) is 0.529. The summed E-state index contributed by atoms with van der Waals surface area (Å²) in [5, 5.41) is 9.80. The van der Waals surface area contributed by atoms with Gasteiger partial charge in [-0.2, -0.15) is 0 Å². The van der Waals surface area contributed by atoms with Crippen LogP contribution in [0.5, 0.6) is 0 Å². The zero-order chi connectivity index (χ0) is 18.3. The number of carbonyl (C=O) groups excluding carboxylic acids is 1. The molecule has 1 aliphatic rings. The Hall–Kier alpha value is -2.22. The first kappa shape index (κ1) is 17.6. The maximum atomic E-state index is 12.5. The average molecular weight is 363 g/mol. The predicted octanol–water partition coefficient (Wildman–Crippen LogP) is 2.00. The lowest BCUT2D eigenvalue weighted by atomic mass is 10.2. The van der Waals surface area contributed by atoms with Crippen molar-refractivity contribution < 1.29 is 14.7 Å². The number of nitrogens with zero attached hydrogens (tertiary/aromatic N) is 2. The van der Waals surface area contributed by atoms with E-state index in [1.54, 1.807) is 0 Å². The molecular weight excluding hydrogens is 342 g/mol. The Bertz CT molecular complexity index is 897. The fourth-order valence-electron chi connectivity index (χ4n) is 2.98. The third kappa shape index (κ3) is 3.44. The van der Waals surface area contributed by atoms with Gasteiger partial charge in [0.15, 0.2) is 0 Å². The van der Waals surface area contributed by atoms with Gasteiger partial charge in [0.05, 0.1) is 5.39 Å². The number of rotatable bonds is 6. The van der Waals surface area contributed by atoms with Gasteiger partial charge in [-0.1, -0.05) is 0 Å². The molecule has 25 heavy (non-hydrogen) atoms. The van der Waals surface area contributed by atoms with Crippen LogP contribution >= 0.6 is 11.3 Å². The fourth-order valence-corrected chi connectivity index (χ4v) is 4.03. The molecule has 1 saturated carbocycles. The van der Waals surface area contributed by atoms with Crippen LogP contribution in [0.25, 0.3) is 10.2 Å². The number of carbonyl (C=O) groups is 2. The van der Waals surface area contributed by atoms with Gasteiger partial charge in [-0.3, -0.25) is 9.59 Å². The van der Waals surface area contributed by atoms with Crippen LogP contribution in [0.15, 0.2) is 4.79 Å². The molecule has 0 aliphatic heterocycles. The van der Waals surface area contributed by atoms with Crippen molar-refractivity contribution in [3.05, 3.63) is 26.6 Å². The standard InChI is InChI=1S/C17H21N3O4S/c1-8-10(3)25-16-14(8)15(22)18-12(19-16)6-7-13(21)20(11-4-5-11)9(2)17(23)24/h9,11H,4-7H2,1-3H3,(H,23,24)(H,18,19,22). The molecule has 8 heteroatoms. The summed E-state index contributed by atoms with van der Waals surface area (Å²) in [5.41, 5.74) is 0.749. The van der Waals surface area contributed by atoms with Crippen LogP contribution in [0.3, 0.4) is 0 Å². The van der Waals surface area contributed by atoms with Gasteiger partial charge in [-0.15, -0.1) is 11.3 Å². The van der Waals surface area contributed by atoms with Crippen molar-refractivity contribution in [2.24, 2.45) is 0 Å². The van der Waals surface area contributed by atoms with Crippen LogP contribution in [0.4, 0.5) is 0 Å². The molecular formula is C17H21N3O4S. The van der Waals surface area contributed by atoms with E-state index in [2.05, 4.69) is 9.97 Å². The number of nitrogens with one attached hydrogen (secondary N) is 1. The van der Waals surface area contributed by atoms with E-state index in [1.165, 1.54) is 23.2 Å². The lowest BCUT2D eigenvalue weighted by molar-refractivity contribution is -0.150. The Labute approximate surface area is 148 Å². The second-order valence-electron chi connectivity index (χ2n) is 6.52. The van der Waals surface area contributed by atoms with Crippen molar-refractivity contribution in [2.75, 3.05) is 0 Å². The maximum Gasteiger partial charge on any atom is 0.326 e. The monoisotopic (exact) mass is 363 g/mol. The van der Waals surface area contributed by atoms with E-state index >= 15 is 0 Å². The molecule has 134 valence electrons. The normalized spacial score (nSPS) is 15.3. The number of aryl methyl sites for hydroxylation is 3. The number of carboxylic acid groups (broad SMARTS) is 1. The summed E-state index contributed by atoms with van der Waals surface area (Å²) in [6.07, 6.45) is 2.11. The molecule has 7 nitrogen and oxygen atoms in total. The van der Waals surface area contributed by atoms with Gasteiger partial charge in [-0.25, -0.2) is 9.78 Å². The van der Waals surface area contributed by atoms with E-state index in [9.17, 15) is 19.5 Å². The largest absolute Gasteiger partial charge is 0.480 e. The average Bonchev–Trinajstić information content (AvgIpc) is 3.32. The molecule has 1 unspecified atom stereocenters. The molecule has 2 heterocycles. The highest BCUT2D eigenvalue weighted by molar-refractivity contribution is 7.18. The predicted molar refractivity (Wildman–Crippen MR) is 95.0 cm³/mol. The zero-order valence-corrected chi connectivity index (χ0v) is 15.3. The minimum Gasteiger partial charge on any atom is -0.480 e. The quantitative estimate of drug-likeness (QED) is 0.817. The van der Waals surface area contributed by atoms with Crippen LogP contribution in [0.2, 0.25) is 0 Å². The first-order chi connectivity index (χ1) is 11.8. The summed E-state index contributed by atoms with van der Waals surface area (Å²) in [7, 11) is 0. The third-order valence-electron chi connectivity index (χ3n) is 4.67. The summed E-state index contributed by atoms with van der Waals surface area (Å²) in [4.78, 5) is 46.4. The maximum absolute atomic E-state index is 12.5. The molecule has 2 N–H and O–H groups in total. The van der Waals surface area contributed by atoms with E-state index in [-0.39, 0.29) is 30.3 Å². The van der Waals surface area contributed by atoms with E-state index < -0.39 is 12.0 Å². The minimum absolute atomic E-state index is 0.0238. The smallest absolute Gasteiger partial charge is 0.326 e. The molecule has 0 saturated heterocycles. The van der Waals surface area contributed by atoms with Crippen LogP contribution in [0.1, 0.15) is 42.5 Å². The number of thiophene rings is 1. The molecule has 1 fully saturated rings. The number of fused-ring (bicyclic) bond motifs is 1. The molecule has 0 spiro atoms. The minimum atomic E-state index is -1.00. The molecule has 0 aromatic carbocycles. The zero-order valence-electron chi connectivity index (χ0n) is 14.5. The van der Waals surface area contributed by atoms with Crippen molar-refractivity contribution in [1.29, 1.82) is 0 Å². The Morgan fingerprint density at radius 1 is 1.40 bits per heavy atom. The number of aromatic amines is 1. The summed E-state index contributed by atoms with van der Waals surface area (Å²) in [6, 6.07) is -0.812. The van der Waals surface area contributed by atoms with E-state index in [0.717, 1.165) is 23.3 Å². The van der Waals surface area contributed by atoms with Crippen LogP contribution in [-0.4, -0.2) is 43.9 Å². The number of aliphatic carboxylic acids is 1. The molecule has 1 atom stereocenters. The first-order valence-corrected chi connectivity index (χ1v) is 9.14. The summed E-state index contributed by atoms with van der Waals surface area (Å²) < 4.78 is 0. The molecule has 2 aromatic heterocycles. The summed E-state index contributed by atoms with van der Waals surface area (Å²) >= 11 is 1.47. The molecule has 3 rings (SSSR count). The Kier molecular flexibility index (Phi) is 4.64. The van der Waals surface area contributed by atoms with Gasteiger partial charge in [0.25, 0.3) is 5.56 Å². The van der Waals surface area contributed by atoms with E-state index in [0.29, 0.717) is 16.0 Å². The van der Waals surface area contributed by atoms with Gasteiger partial charge >= 0.3 is 5.97 Å². The molecule has 2 aromatic rings. The first-order valence-electron chi connectivity index (χ1n) is 8.32. The van der Waals surface area contributed by atoms with Crippen molar-refractivity contribution in [2.45, 2.75) is 58.5 Å². The van der Waals surface area contributed by atoms with Crippen molar-refractivity contribution in [3.8, 4) is 0 Å². The highest BCUT2D eigenvalue weighted by Gasteiger charge is 2.38. The number of aromatic nitrogens is 2. The SMILES string of the molecule is Cc1sc2nc(CCC(=O)N(C3CC3)C(C)C(=O)O)[nH]c(=O)c2c1C. The van der Waals surface area contributed by atoms with Gasteiger partial charge in [0.1, 0.15) is 16.7 Å². The van der Waals surface area contributed by atoms with Crippen molar-refractivity contribution in [3.63, 3.8) is 0 Å². The Balaban J connectivity index is 1.76. The van der Waals surface area contributed by atoms with Crippen LogP contribution < -0.4 is 5.56 Å². The van der Waals surface area contributed by atoms with Gasteiger partial charge in [0, 0.05) is 23.8 Å². The van der Waals surface area contributed by atoms with E-state index in [1.807, 2.05) is 13.8 Å². The van der Waals surface area contributed by atoms with Crippen molar-refractivity contribution >= 4 is 33.4 Å². The van der Waals surface area contributed by atoms with Gasteiger partial charge in [-0.05, 0) is 39.2 Å². The molecule has 0 radical (unpaired) electrons. The summed E-state index contributed by atoms with van der Waals surface area (Å²) in [5.74, 6) is -0.748. The Morgan fingerprint density at radius 2 is 2.08 bits per heavy atom. The third-order valence-corrected chi connectivity index (χ3v) is 5.77. The van der Waals surface area contributed by atoms with Crippen molar-refractivity contribution in [1.82, 2.24) is 14.9 Å². The topological polar surface area (TPSA) is 103 Å². The molecule has 1 aliphatic carbocycles. The number of hydrogen-bond donors (Lipinski definition) is 2. The highest BCUT2D eigenvalue weighted by atomic mass is 32.1. The van der Waals surface area contributed by atoms with Crippen LogP contribution in [-0.2, 0) is 16.0 Å². The second kappa shape index (κ2) is 6.59. The second-order valence-corrected chi connectivity index (χ2v) is 7.73. The Morgan fingerprint density at radius 3 is 2.68 bits per heavy atom. The van der Waals surface area contributed by atoms with E-state index in [4.69, 9.17) is 0 Å². The van der Waals surface area contributed by atoms with Gasteiger partial charge < -0.3 is 15.0 Å². The highest BCUT2D eigenvalue weighted by Crippen LogP contribution is 2.30. The van der Waals surface area contributed by atoms with Gasteiger partial charge in [0.2, 0.25) is 5.91 Å². The summed E-state index contributed by atoms with van der Waals surface area (Å²) in [6.45, 7) is 5.38. The van der Waals surface area contributed by atoms with Crippen LogP contribution in [0, 0.1) is 13.8 Å². The lowest BCUT2D eigenvalue weighted by Gasteiger charge is -2.26. The molecule has 0 bridgehead atoms. The lowest BCUT2D eigenvalue weighted by Crippen LogP contribution is -2.44.